The zero-order valence-electron chi connectivity index (χ0n) is 11.3. The Balaban J connectivity index is 1.77. The van der Waals surface area contributed by atoms with Gasteiger partial charge in [0.25, 0.3) is 0 Å². The molecule has 1 aromatic heterocycles. The van der Waals surface area contributed by atoms with Crippen LogP contribution in [-0.2, 0) is 0 Å². The minimum atomic E-state index is 0.498. The van der Waals surface area contributed by atoms with Crippen LogP contribution in [0.3, 0.4) is 0 Å². The maximum absolute atomic E-state index is 4.61. The van der Waals surface area contributed by atoms with Gasteiger partial charge in [0.1, 0.15) is 0 Å². The van der Waals surface area contributed by atoms with Crippen molar-refractivity contribution in [1.29, 1.82) is 0 Å². The lowest BCUT2D eigenvalue weighted by atomic mass is 10.1. The summed E-state index contributed by atoms with van der Waals surface area (Å²) in [7, 11) is 0. The quantitative estimate of drug-likeness (QED) is 0.765. The minimum Gasteiger partial charge on any atom is -0.269 e. The van der Waals surface area contributed by atoms with Gasteiger partial charge in [-0.1, -0.05) is 40.0 Å². The number of hydrogen-bond donors (Lipinski definition) is 0. The zero-order chi connectivity index (χ0) is 12.0. The van der Waals surface area contributed by atoms with Gasteiger partial charge in [0.05, 0.1) is 12.2 Å². The lowest BCUT2D eigenvalue weighted by molar-refractivity contribution is 0.466. The van der Waals surface area contributed by atoms with E-state index in [4.69, 9.17) is 0 Å². The molecule has 0 spiro atoms. The SMILES string of the molecule is CC[C@@H]1[C@@H](c2cnn(C3CCCC3)c2)C1(C)C. The van der Waals surface area contributed by atoms with E-state index in [2.05, 4.69) is 42.9 Å². The lowest BCUT2D eigenvalue weighted by Gasteiger charge is -2.08. The molecule has 2 fully saturated rings. The maximum Gasteiger partial charge on any atom is 0.0525 e. The number of hydrogen-bond acceptors (Lipinski definition) is 1. The fraction of sp³-hybridized carbons (Fsp3) is 0.800. The van der Waals surface area contributed by atoms with Gasteiger partial charge in [-0.2, -0.15) is 5.10 Å². The molecule has 1 aromatic rings. The highest BCUT2D eigenvalue weighted by Crippen LogP contribution is 2.65. The summed E-state index contributed by atoms with van der Waals surface area (Å²) in [4.78, 5) is 0. The van der Waals surface area contributed by atoms with Gasteiger partial charge in [-0.05, 0) is 35.7 Å². The average Bonchev–Trinajstić information content (AvgIpc) is 2.79. The van der Waals surface area contributed by atoms with E-state index in [-0.39, 0.29) is 0 Å². The molecule has 2 aliphatic rings. The first-order valence-electron chi connectivity index (χ1n) is 7.18. The molecule has 2 heteroatoms. The van der Waals surface area contributed by atoms with Crippen molar-refractivity contribution >= 4 is 0 Å². The summed E-state index contributed by atoms with van der Waals surface area (Å²) < 4.78 is 2.24. The predicted octanol–water partition coefficient (Wildman–Crippen LogP) is 4.15. The van der Waals surface area contributed by atoms with Crippen molar-refractivity contribution in [3.8, 4) is 0 Å². The molecule has 0 aromatic carbocycles. The monoisotopic (exact) mass is 232 g/mol. The van der Waals surface area contributed by atoms with Crippen LogP contribution >= 0.6 is 0 Å². The second kappa shape index (κ2) is 3.86. The normalized spacial score (nSPS) is 31.9. The van der Waals surface area contributed by atoms with Crippen LogP contribution in [-0.4, -0.2) is 9.78 Å². The Morgan fingerprint density at radius 3 is 2.65 bits per heavy atom. The zero-order valence-corrected chi connectivity index (χ0v) is 11.3. The third-order valence-corrected chi connectivity index (χ3v) is 5.17. The van der Waals surface area contributed by atoms with Gasteiger partial charge < -0.3 is 0 Å². The van der Waals surface area contributed by atoms with Gasteiger partial charge in [-0.15, -0.1) is 0 Å². The van der Waals surface area contributed by atoms with Crippen molar-refractivity contribution in [2.24, 2.45) is 11.3 Å². The number of rotatable bonds is 3. The molecule has 2 nitrogen and oxygen atoms in total. The van der Waals surface area contributed by atoms with Gasteiger partial charge in [-0.3, -0.25) is 4.68 Å². The smallest absolute Gasteiger partial charge is 0.0525 e. The second-order valence-electron chi connectivity index (χ2n) is 6.51. The molecule has 17 heavy (non-hydrogen) atoms. The highest BCUT2D eigenvalue weighted by molar-refractivity contribution is 5.27. The summed E-state index contributed by atoms with van der Waals surface area (Å²) in [5.41, 5.74) is 1.98. The van der Waals surface area contributed by atoms with Crippen LogP contribution in [0, 0.1) is 11.3 Å². The van der Waals surface area contributed by atoms with Crippen molar-refractivity contribution in [2.75, 3.05) is 0 Å². The Labute approximate surface area is 104 Å². The summed E-state index contributed by atoms with van der Waals surface area (Å²) in [6, 6.07) is 0.686. The number of nitrogens with zero attached hydrogens (tertiary/aromatic N) is 2. The van der Waals surface area contributed by atoms with Crippen LogP contribution in [0.5, 0.6) is 0 Å². The van der Waals surface area contributed by atoms with Crippen LogP contribution in [0.25, 0.3) is 0 Å². The molecule has 1 heterocycles. The number of aromatic nitrogens is 2. The molecule has 0 N–H and O–H groups in total. The van der Waals surface area contributed by atoms with E-state index in [1.165, 1.54) is 37.7 Å². The molecule has 2 aliphatic carbocycles. The third kappa shape index (κ3) is 1.73. The van der Waals surface area contributed by atoms with E-state index < -0.39 is 0 Å². The van der Waals surface area contributed by atoms with E-state index in [1.807, 2.05) is 0 Å². The van der Waals surface area contributed by atoms with Crippen LogP contribution in [0.15, 0.2) is 12.4 Å². The van der Waals surface area contributed by atoms with E-state index in [9.17, 15) is 0 Å². The molecular weight excluding hydrogens is 208 g/mol. The van der Waals surface area contributed by atoms with Gasteiger partial charge in [0, 0.05) is 6.20 Å². The molecule has 94 valence electrons. The van der Waals surface area contributed by atoms with E-state index in [1.54, 1.807) is 0 Å². The molecule has 0 bridgehead atoms. The van der Waals surface area contributed by atoms with Crippen LogP contribution < -0.4 is 0 Å². The third-order valence-electron chi connectivity index (χ3n) is 5.17. The van der Waals surface area contributed by atoms with Crippen LogP contribution in [0.1, 0.15) is 70.4 Å². The van der Waals surface area contributed by atoms with Gasteiger partial charge in [0.2, 0.25) is 0 Å². The molecule has 2 saturated carbocycles. The highest BCUT2D eigenvalue weighted by atomic mass is 15.3. The Morgan fingerprint density at radius 2 is 2.06 bits per heavy atom. The standard InChI is InChI=1S/C15H24N2/c1-4-13-14(15(13,2)3)11-9-16-17(10-11)12-7-5-6-8-12/h9-10,12-14H,4-8H2,1-3H3/t13-,14-/m1/s1. The Kier molecular flexibility index (Phi) is 2.57. The van der Waals surface area contributed by atoms with Crippen molar-refractivity contribution in [3.05, 3.63) is 18.0 Å². The fourth-order valence-electron chi connectivity index (χ4n) is 4.05. The van der Waals surface area contributed by atoms with Crippen molar-refractivity contribution in [2.45, 2.75) is 64.8 Å². The first-order chi connectivity index (χ1) is 8.14. The first kappa shape index (κ1) is 11.3. The summed E-state index contributed by atoms with van der Waals surface area (Å²) in [5, 5.41) is 4.61. The summed E-state index contributed by atoms with van der Waals surface area (Å²) in [6.07, 6.45) is 11.2. The molecule has 0 radical (unpaired) electrons. The molecule has 0 unspecified atom stereocenters. The summed E-state index contributed by atoms with van der Waals surface area (Å²) in [6.45, 7) is 7.12. The van der Waals surface area contributed by atoms with Gasteiger partial charge in [-0.25, -0.2) is 0 Å². The average molecular weight is 232 g/mol. The van der Waals surface area contributed by atoms with Crippen LogP contribution in [0.2, 0.25) is 0 Å². The molecular formula is C15H24N2. The minimum absolute atomic E-state index is 0.498. The molecule has 0 amide bonds. The summed E-state index contributed by atoms with van der Waals surface area (Å²) >= 11 is 0. The predicted molar refractivity (Wildman–Crippen MR) is 70.0 cm³/mol. The highest BCUT2D eigenvalue weighted by Gasteiger charge is 2.57. The van der Waals surface area contributed by atoms with E-state index >= 15 is 0 Å². The largest absolute Gasteiger partial charge is 0.269 e. The van der Waals surface area contributed by atoms with Crippen molar-refractivity contribution < 1.29 is 0 Å². The Morgan fingerprint density at radius 1 is 1.35 bits per heavy atom. The van der Waals surface area contributed by atoms with Gasteiger partial charge >= 0.3 is 0 Å². The maximum atomic E-state index is 4.61. The van der Waals surface area contributed by atoms with Crippen LogP contribution in [0.4, 0.5) is 0 Å². The van der Waals surface area contributed by atoms with Crippen molar-refractivity contribution in [3.63, 3.8) is 0 Å². The van der Waals surface area contributed by atoms with Gasteiger partial charge in [0.15, 0.2) is 0 Å². The van der Waals surface area contributed by atoms with E-state index in [0.29, 0.717) is 11.5 Å². The van der Waals surface area contributed by atoms with Crippen molar-refractivity contribution in [1.82, 2.24) is 9.78 Å². The molecule has 0 aliphatic heterocycles. The lowest BCUT2D eigenvalue weighted by Crippen LogP contribution is -2.04. The second-order valence-corrected chi connectivity index (χ2v) is 6.51. The molecule has 0 saturated heterocycles. The van der Waals surface area contributed by atoms with E-state index in [0.717, 1.165) is 11.8 Å². The molecule has 2 atom stereocenters. The summed E-state index contributed by atoms with van der Waals surface area (Å²) in [5.74, 6) is 1.62. The Hall–Kier alpha value is -0.790. The Bertz CT molecular complexity index is 399. The topological polar surface area (TPSA) is 17.8 Å². The molecule has 3 rings (SSSR count). The fourth-order valence-corrected chi connectivity index (χ4v) is 4.05. The first-order valence-corrected chi connectivity index (χ1v) is 7.18.